The number of ether oxygens (including phenoxy) is 2. The highest BCUT2D eigenvalue weighted by atomic mass is 35.5. The van der Waals surface area contributed by atoms with Crippen LogP contribution in [0.1, 0.15) is 40.3 Å². The molecule has 0 unspecified atom stereocenters. The van der Waals surface area contributed by atoms with Crippen molar-refractivity contribution in [3.63, 3.8) is 0 Å². The number of hydrogen-bond donors (Lipinski definition) is 0. The Hall–Kier alpha value is -3.23. The standard InChI is InChI=1S/C23H21Cl2N3O5/c1-3-32-22(30)14-6-9-17(10-7-14)28-13-20(26-27-28)21(29)18(23(31)33-4-2)11-15-5-8-16(24)12-19(15)25/h5-10,12-13,18H,3-4,11H2,1-2H3/t18-/m1/s1. The zero-order valence-corrected chi connectivity index (χ0v) is 19.5. The first kappa shape index (κ1) is 24.4. The van der Waals surface area contributed by atoms with Crippen molar-refractivity contribution in [2.75, 3.05) is 13.2 Å². The van der Waals surface area contributed by atoms with Gasteiger partial charge in [-0.3, -0.25) is 9.59 Å². The van der Waals surface area contributed by atoms with Gasteiger partial charge in [0.1, 0.15) is 11.6 Å². The van der Waals surface area contributed by atoms with Crippen molar-refractivity contribution in [2.45, 2.75) is 20.3 Å². The molecule has 1 atom stereocenters. The van der Waals surface area contributed by atoms with Crippen LogP contribution < -0.4 is 0 Å². The van der Waals surface area contributed by atoms with Gasteiger partial charge >= 0.3 is 11.9 Å². The number of esters is 2. The fraction of sp³-hybridized carbons (Fsp3) is 0.261. The van der Waals surface area contributed by atoms with E-state index in [1.807, 2.05) is 0 Å². The highest BCUT2D eigenvalue weighted by molar-refractivity contribution is 6.35. The molecule has 0 saturated carbocycles. The summed E-state index contributed by atoms with van der Waals surface area (Å²) in [4.78, 5) is 37.5. The minimum absolute atomic E-state index is 0.00684. The second-order valence-corrected chi connectivity index (χ2v) is 7.77. The van der Waals surface area contributed by atoms with Gasteiger partial charge in [0.2, 0.25) is 0 Å². The maximum absolute atomic E-state index is 13.2. The molecule has 33 heavy (non-hydrogen) atoms. The molecule has 0 spiro atoms. The molecule has 1 aromatic heterocycles. The Labute approximate surface area is 200 Å². The Morgan fingerprint density at radius 1 is 1.00 bits per heavy atom. The van der Waals surface area contributed by atoms with Crippen molar-refractivity contribution < 1.29 is 23.9 Å². The quantitative estimate of drug-likeness (QED) is 0.250. The van der Waals surface area contributed by atoms with Gasteiger partial charge in [0.05, 0.1) is 30.7 Å². The molecule has 3 aromatic rings. The SMILES string of the molecule is CCOC(=O)c1ccc(-n2cc(C(=O)[C@@H](Cc3ccc(Cl)cc3Cl)C(=O)OCC)nn2)cc1. The van der Waals surface area contributed by atoms with E-state index in [1.54, 1.807) is 56.3 Å². The van der Waals surface area contributed by atoms with Crippen molar-refractivity contribution in [1.82, 2.24) is 15.0 Å². The third-order valence-electron chi connectivity index (χ3n) is 4.72. The number of carbonyl (C=O) groups excluding carboxylic acids is 3. The summed E-state index contributed by atoms with van der Waals surface area (Å²) in [6.45, 7) is 3.78. The van der Waals surface area contributed by atoms with Gasteiger partial charge in [0, 0.05) is 10.0 Å². The fourth-order valence-corrected chi connectivity index (χ4v) is 3.56. The number of nitrogens with zero attached hydrogens (tertiary/aromatic N) is 3. The summed E-state index contributed by atoms with van der Waals surface area (Å²) in [6, 6.07) is 11.3. The highest BCUT2D eigenvalue weighted by Crippen LogP contribution is 2.25. The number of ketones is 1. The topological polar surface area (TPSA) is 100 Å². The highest BCUT2D eigenvalue weighted by Gasteiger charge is 2.32. The summed E-state index contributed by atoms with van der Waals surface area (Å²) in [7, 11) is 0. The number of benzene rings is 2. The summed E-state index contributed by atoms with van der Waals surface area (Å²) in [5.74, 6) is -2.81. The van der Waals surface area contributed by atoms with Gasteiger partial charge in [-0.05, 0) is 62.2 Å². The molecule has 0 amide bonds. The smallest absolute Gasteiger partial charge is 0.338 e. The van der Waals surface area contributed by atoms with E-state index in [-0.39, 0.29) is 25.3 Å². The molecule has 8 nitrogen and oxygen atoms in total. The van der Waals surface area contributed by atoms with E-state index >= 15 is 0 Å². The summed E-state index contributed by atoms with van der Waals surface area (Å²) < 4.78 is 11.4. The van der Waals surface area contributed by atoms with Gasteiger partial charge in [0.25, 0.3) is 0 Å². The second kappa shape index (κ2) is 11.1. The van der Waals surface area contributed by atoms with E-state index in [1.165, 1.54) is 10.9 Å². The van der Waals surface area contributed by atoms with Crippen LogP contribution in [0.25, 0.3) is 5.69 Å². The number of rotatable bonds is 9. The van der Waals surface area contributed by atoms with Crippen LogP contribution in [0.3, 0.4) is 0 Å². The molecule has 0 bridgehead atoms. The van der Waals surface area contributed by atoms with Gasteiger partial charge in [0.15, 0.2) is 5.78 Å². The van der Waals surface area contributed by atoms with Crippen LogP contribution in [0, 0.1) is 5.92 Å². The van der Waals surface area contributed by atoms with E-state index in [0.717, 1.165) is 0 Å². The van der Waals surface area contributed by atoms with Crippen molar-refractivity contribution in [3.05, 3.63) is 75.5 Å². The summed E-state index contributed by atoms with van der Waals surface area (Å²) >= 11 is 12.2. The molecule has 0 N–H and O–H groups in total. The van der Waals surface area contributed by atoms with Crippen molar-refractivity contribution in [2.24, 2.45) is 5.92 Å². The largest absolute Gasteiger partial charge is 0.465 e. The Bertz CT molecular complexity index is 1160. The predicted molar refractivity (Wildman–Crippen MR) is 122 cm³/mol. The first-order valence-electron chi connectivity index (χ1n) is 10.2. The van der Waals surface area contributed by atoms with Crippen LogP contribution >= 0.6 is 23.2 Å². The van der Waals surface area contributed by atoms with Gasteiger partial charge in [-0.15, -0.1) is 5.10 Å². The predicted octanol–water partition coefficient (Wildman–Crippen LogP) is 4.36. The first-order valence-corrected chi connectivity index (χ1v) is 10.9. The van der Waals surface area contributed by atoms with Crippen molar-refractivity contribution >= 4 is 40.9 Å². The van der Waals surface area contributed by atoms with Crippen molar-refractivity contribution in [1.29, 1.82) is 0 Å². The minimum Gasteiger partial charge on any atom is -0.465 e. The molecule has 0 fully saturated rings. The summed E-state index contributed by atoms with van der Waals surface area (Å²) in [5.41, 5.74) is 1.53. The van der Waals surface area contributed by atoms with Gasteiger partial charge in [-0.1, -0.05) is 34.5 Å². The average molecular weight is 490 g/mol. The molecule has 0 radical (unpaired) electrons. The number of aromatic nitrogens is 3. The second-order valence-electron chi connectivity index (χ2n) is 6.92. The molecule has 10 heteroatoms. The van der Waals surface area contributed by atoms with Gasteiger partial charge in [-0.2, -0.15) is 0 Å². The van der Waals surface area contributed by atoms with Crippen LogP contribution in [0.15, 0.2) is 48.7 Å². The maximum atomic E-state index is 13.2. The Morgan fingerprint density at radius 2 is 1.70 bits per heavy atom. The van der Waals surface area contributed by atoms with E-state index in [9.17, 15) is 14.4 Å². The lowest BCUT2D eigenvalue weighted by Gasteiger charge is -2.14. The van der Waals surface area contributed by atoms with Gasteiger partial charge in [-0.25, -0.2) is 9.48 Å². The Balaban J connectivity index is 1.83. The number of hydrogen-bond acceptors (Lipinski definition) is 7. The maximum Gasteiger partial charge on any atom is 0.338 e. The lowest BCUT2D eigenvalue weighted by atomic mass is 9.93. The fourth-order valence-electron chi connectivity index (χ4n) is 3.08. The van der Waals surface area contributed by atoms with Crippen LogP contribution in [0.4, 0.5) is 0 Å². The number of halogens is 2. The molecule has 0 aliphatic heterocycles. The molecular weight excluding hydrogens is 469 g/mol. The van der Waals surface area contributed by atoms with E-state index in [0.29, 0.717) is 26.9 Å². The third-order valence-corrected chi connectivity index (χ3v) is 5.30. The monoisotopic (exact) mass is 489 g/mol. The number of carbonyl (C=O) groups is 3. The molecule has 0 aliphatic rings. The number of Topliss-reactive ketones (excluding diaryl/α,β-unsaturated/α-hetero) is 1. The van der Waals surface area contributed by atoms with E-state index in [2.05, 4.69) is 10.3 Å². The Kier molecular flexibility index (Phi) is 8.19. The molecular formula is C23H21Cl2N3O5. The van der Waals surface area contributed by atoms with Crippen LogP contribution in [-0.4, -0.2) is 45.9 Å². The van der Waals surface area contributed by atoms with E-state index < -0.39 is 23.6 Å². The third kappa shape index (κ3) is 5.97. The van der Waals surface area contributed by atoms with Crippen molar-refractivity contribution in [3.8, 4) is 5.69 Å². The Morgan fingerprint density at radius 3 is 2.33 bits per heavy atom. The molecule has 1 heterocycles. The lowest BCUT2D eigenvalue weighted by molar-refractivity contribution is -0.146. The first-order chi connectivity index (χ1) is 15.8. The van der Waals surface area contributed by atoms with Crippen LogP contribution in [0.5, 0.6) is 0 Å². The lowest BCUT2D eigenvalue weighted by Crippen LogP contribution is -2.29. The molecule has 0 aliphatic carbocycles. The molecule has 0 saturated heterocycles. The van der Waals surface area contributed by atoms with Gasteiger partial charge < -0.3 is 9.47 Å². The average Bonchev–Trinajstić information content (AvgIpc) is 3.29. The minimum atomic E-state index is -1.15. The molecule has 172 valence electrons. The summed E-state index contributed by atoms with van der Waals surface area (Å²) in [5, 5.41) is 8.69. The van der Waals surface area contributed by atoms with E-state index in [4.69, 9.17) is 32.7 Å². The normalized spacial score (nSPS) is 11.6. The summed E-state index contributed by atoms with van der Waals surface area (Å²) in [6.07, 6.45) is 1.44. The zero-order chi connectivity index (χ0) is 24.0. The molecule has 3 rings (SSSR count). The molecule has 2 aromatic carbocycles. The van der Waals surface area contributed by atoms with Crippen LogP contribution in [-0.2, 0) is 20.7 Å². The zero-order valence-electron chi connectivity index (χ0n) is 18.0. The van der Waals surface area contributed by atoms with Crippen LogP contribution in [0.2, 0.25) is 10.0 Å².